The lowest BCUT2D eigenvalue weighted by molar-refractivity contribution is -0.116. The Morgan fingerprint density at radius 1 is 1.09 bits per heavy atom. The van der Waals surface area contributed by atoms with Crippen molar-refractivity contribution in [2.45, 2.75) is 39.0 Å². The lowest BCUT2D eigenvalue weighted by atomic mass is 9.97. The van der Waals surface area contributed by atoms with Crippen LogP contribution < -0.4 is 10.6 Å². The smallest absolute Gasteiger partial charge is 0.253 e. The molecule has 1 fully saturated rings. The van der Waals surface area contributed by atoms with Gasteiger partial charge in [-0.1, -0.05) is 24.2 Å². The van der Waals surface area contributed by atoms with Gasteiger partial charge in [-0.2, -0.15) is 4.98 Å². The van der Waals surface area contributed by atoms with Gasteiger partial charge in [0.2, 0.25) is 23.5 Å². The number of amides is 3. The maximum absolute atomic E-state index is 13.0. The first-order chi connectivity index (χ1) is 16.4. The molecular weight excluding hydrogens is 434 g/mol. The van der Waals surface area contributed by atoms with Gasteiger partial charge in [0, 0.05) is 48.9 Å². The number of rotatable bonds is 6. The van der Waals surface area contributed by atoms with E-state index in [1.165, 1.54) is 6.92 Å². The predicted octanol–water partition coefficient (Wildman–Crippen LogP) is 4.06. The van der Waals surface area contributed by atoms with Crippen molar-refractivity contribution in [2.24, 2.45) is 0 Å². The normalized spacial score (nSPS) is 15.6. The lowest BCUT2D eigenvalue weighted by Crippen LogP contribution is -2.39. The van der Waals surface area contributed by atoms with Crippen LogP contribution in [0.4, 0.5) is 11.4 Å². The van der Waals surface area contributed by atoms with Gasteiger partial charge in [0.05, 0.1) is 5.92 Å². The van der Waals surface area contributed by atoms with E-state index in [4.69, 9.17) is 4.52 Å². The summed E-state index contributed by atoms with van der Waals surface area (Å²) in [5, 5.41) is 9.65. The molecule has 3 aromatic rings. The molecule has 1 aromatic heterocycles. The minimum atomic E-state index is -0.158. The number of nitrogens with zero attached hydrogens (tertiary/aromatic N) is 3. The van der Waals surface area contributed by atoms with Crippen LogP contribution in [0.3, 0.4) is 0 Å². The van der Waals surface area contributed by atoms with Crippen molar-refractivity contribution >= 4 is 29.1 Å². The maximum atomic E-state index is 13.0. The van der Waals surface area contributed by atoms with E-state index in [1.54, 1.807) is 36.1 Å². The number of nitrogens with one attached hydrogen (secondary N) is 2. The zero-order valence-corrected chi connectivity index (χ0v) is 19.2. The molecular formula is C25H27N5O4. The molecule has 4 rings (SSSR count). The summed E-state index contributed by atoms with van der Waals surface area (Å²) in [4.78, 5) is 42.3. The molecule has 9 nitrogen and oxygen atoms in total. The second-order valence-corrected chi connectivity index (χ2v) is 8.29. The van der Waals surface area contributed by atoms with Crippen LogP contribution in [0.5, 0.6) is 0 Å². The Morgan fingerprint density at radius 3 is 2.62 bits per heavy atom. The molecule has 1 unspecified atom stereocenters. The highest BCUT2D eigenvalue weighted by molar-refractivity contribution is 5.95. The second-order valence-electron chi connectivity index (χ2n) is 8.29. The highest BCUT2D eigenvalue weighted by atomic mass is 16.5. The lowest BCUT2D eigenvalue weighted by Gasteiger charge is -2.31. The van der Waals surface area contributed by atoms with Crippen molar-refractivity contribution in [3.05, 3.63) is 60.0 Å². The molecule has 3 amide bonds. The molecule has 1 aliphatic rings. The van der Waals surface area contributed by atoms with E-state index in [-0.39, 0.29) is 23.6 Å². The molecule has 1 saturated heterocycles. The van der Waals surface area contributed by atoms with Gasteiger partial charge in [0.1, 0.15) is 0 Å². The van der Waals surface area contributed by atoms with Crippen molar-refractivity contribution in [3.8, 4) is 11.4 Å². The van der Waals surface area contributed by atoms with Gasteiger partial charge >= 0.3 is 0 Å². The largest absolute Gasteiger partial charge is 0.339 e. The van der Waals surface area contributed by atoms with Crippen LogP contribution in [0.2, 0.25) is 0 Å². The first-order valence-corrected chi connectivity index (χ1v) is 11.3. The number of benzene rings is 2. The summed E-state index contributed by atoms with van der Waals surface area (Å²) in [6, 6.07) is 14.2. The average molecular weight is 462 g/mol. The second kappa shape index (κ2) is 10.3. The zero-order valence-electron chi connectivity index (χ0n) is 19.2. The summed E-state index contributed by atoms with van der Waals surface area (Å²) in [6.07, 6.45) is 2.07. The Bertz CT molecular complexity index is 1190. The minimum Gasteiger partial charge on any atom is -0.339 e. The molecule has 2 aromatic carbocycles. The number of likely N-dealkylation sites (tertiary alicyclic amines) is 1. The number of aromatic nitrogens is 2. The van der Waals surface area contributed by atoms with E-state index in [1.807, 2.05) is 24.3 Å². The highest BCUT2D eigenvalue weighted by Crippen LogP contribution is 2.29. The van der Waals surface area contributed by atoms with Crippen LogP contribution in [0, 0.1) is 0 Å². The van der Waals surface area contributed by atoms with E-state index in [2.05, 4.69) is 20.8 Å². The number of anilines is 2. The molecule has 2 N–H and O–H groups in total. The van der Waals surface area contributed by atoms with Gasteiger partial charge in [0.15, 0.2) is 0 Å². The first-order valence-electron chi connectivity index (χ1n) is 11.3. The van der Waals surface area contributed by atoms with Crippen molar-refractivity contribution in [1.29, 1.82) is 0 Å². The van der Waals surface area contributed by atoms with Gasteiger partial charge in [-0.3, -0.25) is 14.4 Å². The third kappa shape index (κ3) is 5.48. The SMILES string of the molecule is CCC(=O)Nc1cccc(-c2noc(C3CCCN(C(=O)c4ccc(NC(C)=O)cc4)C3)n2)c1. The topological polar surface area (TPSA) is 117 Å². The number of hydrogen-bond donors (Lipinski definition) is 2. The summed E-state index contributed by atoms with van der Waals surface area (Å²) in [6.45, 7) is 4.38. The Kier molecular flexibility index (Phi) is 7.01. The Labute approximate surface area is 197 Å². The first kappa shape index (κ1) is 23.2. The van der Waals surface area contributed by atoms with E-state index < -0.39 is 0 Å². The van der Waals surface area contributed by atoms with Crippen LogP contribution in [-0.2, 0) is 9.59 Å². The van der Waals surface area contributed by atoms with E-state index in [0.29, 0.717) is 48.2 Å². The summed E-state index contributed by atoms with van der Waals surface area (Å²) in [5.74, 6) is 0.590. The Hall–Kier alpha value is -4.01. The maximum Gasteiger partial charge on any atom is 0.253 e. The third-order valence-corrected chi connectivity index (χ3v) is 5.68. The average Bonchev–Trinajstić information content (AvgIpc) is 3.34. The number of piperidine rings is 1. The van der Waals surface area contributed by atoms with Gasteiger partial charge < -0.3 is 20.1 Å². The summed E-state index contributed by atoms with van der Waals surface area (Å²) < 4.78 is 5.56. The van der Waals surface area contributed by atoms with Crippen LogP contribution >= 0.6 is 0 Å². The van der Waals surface area contributed by atoms with Crippen molar-refractivity contribution in [1.82, 2.24) is 15.0 Å². The molecule has 0 aliphatic carbocycles. The quantitative estimate of drug-likeness (QED) is 0.572. The highest BCUT2D eigenvalue weighted by Gasteiger charge is 2.29. The van der Waals surface area contributed by atoms with Crippen LogP contribution in [0.1, 0.15) is 55.3 Å². The van der Waals surface area contributed by atoms with Gasteiger partial charge in [-0.05, 0) is 49.2 Å². The fourth-order valence-electron chi connectivity index (χ4n) is 3.95. The van der Waals surface area contributed by atoms with Crippen LogP contribution in [-0.4, -0.2) is 45.9 Å². The Morgan fingerprint density at radius 2 is 1.88 bits per heavy atom. The molecule has 34 heavy (non-hydrogen) atoms. The predicted molar refractivity (Wildman–Crippen MR) is 127 cm³/mol. The standard InChI is InChI=1S/C25H27N5O4/c1-3-22(32)27-21-8-4-6-18(14-21)23-28-24(34-29-23)19-7-5-13-30(15-19)25(33)17-9-11-20(12-10-17)26-16(2)31/h4,6,8-12,14,19H,3,5,7,13,15H2,1-2H3,(H,26,31)(H,27,32). The van der Waals surface area contributed by atoms with Gasteiger partial charge in [-0.25, -0.2) is 0 Å². The van der Waals surface area contributed by atoms with Crippen LogP contribution in [0.25, 0.3) is 11.4 Å². The van der Waals surface area contributed by atoms with E-state index >= 15 is 0 Å². The Balaban J connectivity index is 1.44. The van der Waals surface area contributed by atoms with Crippen molar-refractivity contribution < 1.29 is 18.9 Å². The fraction of sp³-hybridized carbons (Fsp3) is 0.320. The minimum absolute atomic E-state index is 0.0550. The molecule has 9 heteroatoms. The zero-order chi connectivity index (χ0) is 24.1. The van der Waals surface area contributed by atoms with Crippen LogP contribution in [0.15, 0.2) is 53.1 Å². The number of carbonyl (C=O) groups is 3. The molecule has 0 spiro atoms. The fourth-order valence-corrected chi connectivity index (χ4v) is 3.95. The van der Waals surface area contributed by atoms with Gasteiger partial charge in [0.25, 0.3) is 5.91 Å². The molecule has 0 saturated carbocycles. The molecule has 0 bridgehead atoms. The van der Waals surface area contributed by atoms with Gasteiger partial charge in [-0.15, -0.1) is 0 Å². The molecule has 176 valence electrons. The van der Waals surface area contributed by atoms with E-state index in [9.17, 15) is 14.4 Å². The summed E-state index contributed by atoms with van der Waals surface area (Å²) in [5.41, 5.74) is 2.63. The number of carbonyl (C=O) groups excluding carboxylic acids is 3. The number of hydrogen-bond acceptors (Lipinski definition) is 6. The monoisotopic (exact) mass is 461 g/mol. The van der Waals surface area contributed by atoms with Crippen molar-refractivity contribution in [3.63, 3.8) is 0 Å². The van der Waals surface area contributed by atoms with Crippen molar-refractivity contribution in [2.75, 3.05) is 23.7 Å². The molecule has 1 aliphatic heterocycles. The third-order valence-electron chi connectivity index (χ3n) is 5.68. The summed E-state index contributed by atoms with van der Waals surface area (Å²) >= 11 is 0. The van der Waals surface area contributed by atoms with E-state index in [0.717, 1.165) is 18.4 Å². The summed E-state index contributed by atoms with van der Waals surface area (Å²) in [7, 11) is 0. The molecule has 0 radical (unpaired) electrons. The molecule has 2 heterocycles. The molecule has 1 atom stereocenters.